The molecule has 1 saturated carbocycles. The van der Waals surface area contributed by atoms with Gasteiger partial charge in [-0.25, -0.2) is 9.97 Å². The summed E-state index contributed by atoms with van der Waals surface area (Å²) >= 11 is 0. The SMILES string of the molecule is C[C@@H]1[C@H](NC(=O)c2ccc(C3(C)CC3)cc2)CCCN1c1cnc(C(N)=O)c(Nc2cnn(C)c2)n1. The number of nitrogens with two attached hydrogens (primary N) is 1. The molecule has 0 spiro atoms. The van der Waals surface area contributed by atoms with E-state index in [2.05, 4.69) is 56.6 Å². The van der Waals surface area contributed by atoms with E-state index in [4.69, 9.17) is 5.73 Å². The Morgan fingerprint density at radius 2 is 1.92 bits per heavy atom. The highest BCUT2D eigenvalue weighted by atomic mass is 16.2. The number of rotatable bonds is 7. The largest absolute Gasteiger partial charge is 0.364 e. The monoisotopic (exact) mass is 488 g/mol. The molecule has 5 rings (SSSR count). The predicted molar refractivity (Wildman–Crippen MR) is 137 cm³/mol. The Bertz CT molecular complexity index is 1280. The zero-order valence-corrected chi connectivity index (χ0v) is 20.9. The van der Waals surface area contributed by atoms with Crippen molar-refractivity contribution < 1.29 is 9.59 Å². The van der Waals surface area contributed by atoms with Gasteiger partial charge in [0.05, 0.1) is 18.1 Å². The van der Waals surface area contributed by atoms with Crippen molar-refractivity contribution >= 4 is 29.1 Å². The predicted octanol–water partition coefficient (Wildman–Crippen LogP) is 2.89. The van der Waals surface area contributed by atoms with Gasteiger partial charge in [-0.3, -0.25) is 14.3 Å². The summed E-state index contributed by atoms with van der Waals surface area (Å²) in [5, 5.41) is 10.4. The number of hydrogen-bond acceptors (Lipinski definition) is 7. The maximum atomic E-state index is 13.0. The van der Waals surface area contributed by atoms with Gasteiger partial charge in [0.2, 0.25) is 0 Å². The third-order valence-electron chi connectivity index (χ3n) is 7.40. The molecule has 4 N–H and O–H groups in total. The molecule has 1 saturated heterocycles. The summed E-state index contributed by atoms with van der Waals surface area (Å²) in [5.74, 6) is 0.143. The van der Waals surface area contributed by atoms with E-state index in [9.17, 15) is 9.59 Å². The Kier molecular flexibility index (Phi) is 6.11. The van der Waals surface area contributed by atoms with Gasteiger partial charge in [-0.1, -0.05) is 19.1 Å². The van der Waals surface area contributed by atoms with Gasteiger partial charge in [-0.15, -0.1) is 0 Å². The number of anilines is 3. The van der Waals surface area contributed by atoms with E-state index in [0.717, 1.165) is 19.4 Å². The molecule has 10 nitrogen and oxygen atoms in total. The molecule has 188 valence electrons. The second-order valence-corrected chi connectivity index (χ2v) is 10.1. The average molecular weight is 489 g/mol. The number of nitrogens with zero attached hydrogens (tertiary/aromatic N) is 5. The van der Waals surface area contributed by atoms with Crippen molar-refractivity contribution in [3.05, 3.63) is 59.7 Å². The van der Waals surface area contributed by atoms with Gasteiger partial charge >= 0.3 is 0 Å². The fourth-order valence-electron chi connectivity index (χ4n) is 4.82. The number of carbonyl (C=O) groups is 2. The molecular weight excluding hydrogens is 456 g/mol. The first-order valence-corrected chi connectivity index (χ1v) is 12.3. The van der Waals surface area contributed by atoms with E-state index in [0.29, 0.717) is 17.1 Å². The van der Waals surface area contributed by atoms with Crippen LogP contribution in [-0.4, -0.2) is 50.2 Å². The molecule has 3 aromatic rings. The summed E-state index contributed by atoms with van der Waals surface area (Å²) in [7, 11) is 1.80. The molecule has 0 radical (unpaired) electrons. The van der Waals surface area contributed by atoms with Crippen molar-refractivity contribution in [3.63, 3.8) is 0 Å². The zero-order valence-electron chi connectivity index (χ0n) is 20.9. The van der Waals surface area contributed by atoms with Crippen LogP contribution in [0.15, 0.2) is 42.9 Å². The van der Waals surface area contributed by atoms with Gasteiger partial charge in [0.15, 0.2) is 11.5 Å². The van der Waals surface area contributed by atoms with Crippen molar-refractivity contribution in [1.29, 1.82) is 0 Å². The molecule has 1 aromatic carbocycles. The minimum Gasteiger partial charge on any atom is -0.364 e. The van der Waals surface area contributed by atoms with Crippen LogP contribution in [0.4, 0.5) is 17.3 Å². The molecule has 0 unspecified atom stereocenters. The highest BCUT2D eigenvalue weighted by Crippen LogP contribution is 2.47. The number of hydrogen-bond donors (Lipinski definition) is 3. The van der Waals surface area contributed by atoms with Gasteiger partial charge in [-0.2, -0.15) is 5.10 Å². The van der Waals surface area contributed by atoms with Gasteiger partial charge in [0.1, 0.15) is 5.82 Å². The summed E-state index contributed by atoms with van der Waals surface area (Å²) in [6.45, 7) is 5.09. The highest BCUT2D eigenvalue weighted by molar-refractivity contribution is 5.96. The number of primary amides is 1. The third kappa shape index (κ3) is 4.75. The van der Waals surface area contributed by atoms with Gasteiger partial charge in [0.25, 0.3) is 11.8 Å². The lowest BCUT2D eigenvalue weighted by Crippen LogP contribution is -2.54. The van der Waals surface area contributed by atoms with E-state index in [1.165, 1.54) is 18.4 Å². The van der Waals surface area contributed by atoms with E-state index in [1.54, 1.807) is 30.3 Å². The normalized spacial score (nSPS) is 20.6. The van der Waals surface area contributed by atoms with Crippen molar-refractivity contribution in [1.82, 2.24) is 25.1 Å². The first-order chi connectivity index (χ1) is 17.2. The van der Waals surface area contributed by atoms with Crippen molar-refractivity contribution in [2.45, 2.75) is 57.0 Å². The maximum absolute atomic E-state index is 13.0. The molecule has 1 aliphatic heterocycles. The van der Waals surface area contributed by atoms with Crippen LogP contribution in [0.1, 0.15) is 65.9 Å². The molecule has 1 aliphatic carbocycles. The summed E-state index contributed by atoms with van der Waals surface area (Å²) in [4.78, 5) is 36.1. The number of nitrogens with one attached hydrogen (secondary N) is 2. The standard InChI is InChI=1S/C26H32N8O2/c1-16-20(31-25(36)17-6-8-18(9-7-17)26(2)10-11-26)5-4-12-34(16)21-14-28-22(23(27)35)24(32-21)30-19-13-29-33(3)15-19/h6-9,13-16,20H,4-5,10-12H2,1-3H3,(H2,27,35)(H,30,32)(H,31,36)/t16-,20-/m1/s1. The van der Waals surface area contributed by atoms with Crippen LogP contribution in [0.25, 0.3) is 0 Å². The first-order valence-electron chi connectivity index (χ1n) is 12.3. The lowest BCUT2D eigenvalue weighted by Gasteiger charge is -2.40. The highest BCUT2D eigenvalue weighted by Gasteiger charge is 2.39. The molecular formula is C26H32N8O2. The average Bonchev–Trinajstić information content (AvgIpc) is 3.49. The lowest BCUT2D eigenvalue weighted by molar-refractivity contribution is 0.0923. The van der Waals surface area contributed by atoms with Crippen LogP contribution in [0.3, 0.4) is 0 Å². The molecule has 2 fully saturated rings. The molecule has 2 amide bonds. The Morgan fingerprint density at radius 1 is 1.17 bits per heavy atom. The molecule has 0 bridgehead atoms. The van der Waals surface area contributed by atoms with Crippen LogP contribution in [0, 0.1) is 0 Å². The number of amides is 2. The number of piperidine rings is 1. The molecule has 2 aliphatic rings. The van der Waals surface area contributed by atoms with Crippen molar-refractivity contribution in [2.75, 3.05) is 16.8 Å². The van der Waals surface area contributed by atoms with Crippen LogP contribution in [0.2, 0.25) is 0 Å². The van der Waals surface area contributed by atoms with Gasteiger partial charge in [0, 0.05) is 37.4 Å². The number of benzene rings is 1. The van der Waals surface area contributed by atoms with Crippen LogP contribution in [0.5, 0.6) is 0 Å². The van der Waals surface area contributed by atoms with Gasteiger partial charge < -0.3 is 21.3 Å². The summed E-state index contributed by atoms with van der Waals surface area (Å²) in [6.07, 6.45) is 9.13. The maximum Gasteiger partial charge on any atom is 0.271 e. The molecule has 36 heavy (non-hydrogen) atoms. The second-order valence-electron chi connectivity index (χ2n) is 10.1. The second kappa shape index (κ2) is 9.25. The Morgan fingerprint density at radius 3 is 2.56 bits per heavy atom. The molecule has 3 heterocycles. The number of aromatic nitrogens is 4. The lowest BCUT2D eigenvalue weighted by atomic mass is 9.95. The fourth-order valence-corrected chi connectivity index (χ4v) is 4.82. The summed E-state index contributed by atoms with van der Waals surface area (Å²) < 4.78 is 1.64. The van der Waals surface area contributed by atoms with E-state index < -0.39 is 5.91 Å². The van der Waals surface area contributed by atoms with Crippen molar-refractivity contribution in [2.24, 2.45) is 12.8 Å². The minimum absolute atomic E-state index is 0.0210. The number of aryl methyl sites for hydroxylation is 1. The van der Waals surface area contributed by atoms with Crippen molar-refractivity contribution in [3.8, 4) is 0 Å². The first kappa shape index (κ1) is 23.8. The van der Waals surface area contributed by atoms with E-state index in [1.807, 2.05) is 12.1 Å². The Balaban J connectivity index is 1.32. The van der Waals surface area contributed by atoms with E-state index >= 15 is 0 Å². The zero-order chi connectivity index (χ0) is 25.4. The Hall–Kier alpha value is -3.95. The summed E-state index contributed by atoms with van der Waals surface area (Å²) in [6, 6.07) is 7.91. The molecule has 2 aromatic heterocycles. The number of carbonyl (C=O) groups excluding carboxylic acids is 2. The molecule has 2 atom stereocenters. The van der Waals surface area contributed by atoms with Crippen LogP contribution >= 0.6 is 0 Å². The topological polar surface area (TPSA) is 131 Å². The minimum atomic E-state index is -0.668. The van der Waals surface area contributed by atoms with Gasteiger partial charge in [-0.05, 0) is 55.7 Å². The fraction of sp³-hybridized carbons (Fsp3) is 0.423. The van der Waals surface area contributed by atoms with Crippen LogP contribution < -0.4 is 21.3 Å². The summed E-state index contributed by atoms with van der Waals surface area (Å²) in [5.41, 5.74) is 8.51. The quantitative estimate of drug-likeness (QED) is 0.466. The van der Waals surface area contributed by atoms with Crippen LogP contribution in [-0.2, 0) is 12.5 Å². The third-order valence-corrected chi connectivity index (χ3v) is 7.40. The Labute approximate surface area is 210 Å². The molecule has 10 heteroatoms. The smallest absolute Gasteiger partial charge is 0.271 e. The van der Waals surface area contributed by atoms with E-state index in [-0.39, 0.29) is 34.9 Å².